The van der Waals surface area contributed by atoms with E-state index < -0.39 is 10.0 Å². The Morgan fingerprint density at radius 2 is 2.18 bits per heavy atom. The Bertz CT molecular complexity index is 644. The lowest BCUT2D eigenvalue weighted by Gasteiger charge is -2.05. The minimum Gasteiger partial charge on any atom is -0.262 e. The lowest BCUT2D eigenvalue weighted by Crippen LogP contribution is -2.13. The van der Waals surface area contributed by atoms with Gasteiger partial charge in [-0.05, 0) is 27.4 Å². The molecule has 0 saturated heterocycles. The number of rotatable bonds is 3. The third-order valence-electron chi connectivity index (χ3n) is 1.70. The van der Waals surface area contributed by atoms with Crippen molar-refractivity contribution >= 4 is 54.7 Å². The van der Waals surface area contributed by atoms with E-state index in [0.717, 1.165) is 11.3 Å². The first-order valence-corrected chi connectivity index (χ1v) is 7.76. The Hall–Kier alpha value is -0.700. The maximum atomic E-state index is 12.0. The molecule has 0 aromatic carbocycles. The average Bonchev–Trinajstić information content (AvgIpc) is 2.64. The van der Waals surface area contributed by atoms with Gasteiger partial charge in [0.25, 0.3) is 10.0 Å². The summed E-state index contributed by atoms with van der Waals surface area (Å²) in [5.74, 6) is 0.130. The summed E-state index contributed by atoms with van der Waals surface area (Å²) in [7, 11) is -3.64. The Balaban J connectivity index is 2.33. The van der Waals surface area contributed by atoms with Crippen LogP contribution in [0.3, 0.4) is 0 Å². The van der Waals surface area contributed by atoms with Gasteiger partial charge in [0.1, 0.15) is 17.3 Å². The lowest BCUT2D eigenvalue weighted by atomic mass is 10.6. The predicted molar refractivity (Wildman–Crippen MR) is 69.9 cm³/mol. The van der Waals surface area contributed by atoms with Crippen molar-refractivity contribution in [3.63, 3.8) is 0 Å². The van der Waals surface area contributed by atoms with Gasteiger partial charge >= 0.3 is 0 Å². The number of anilines is 1. The SMILES string of the molecule is O=S(=O)(Nc1cc(Cl)ncn1)c1sccc1Br. The van der Waals surface area contributed by atoms with Crippen LogP contribution in [-0.2, 0) is 10.0 Å². The lowest BCUT2D eigenvalue weighted by molar-refractivity contribution is 0.602. The Morgan fingerprint density at radius 3 is 2.76 bits per heavy atom. The first-order chi connectivity index (χ1) is 7.99. The first kappa shape index (κ1) is 12.7. The standard InChI is InChI=1S/C8H5BrClN3O2S2/c9-5-1-2-16-8(5)17(14,15)13-7-3-6(10)11-4-12-7/h1-4H,(H,11,12,13). The smallest absolute Gasteiger partial charge is 0.262 e. The molecule has 0 radical (unpaired) electrons. The molecule has 0 amide bonds. The van der Waals surface area contributed by atoms with Crippen LogP contribution in [0.5, 0.6) is 0 Å². The molecule has 5 nitrogen and oxygen atoms in total. The topological polar surface area (TPSA) is 72.0 Å². The van der Waals surface area contributed by atoms with Crippen LogP contribution in [0, 0.1) is 0 Å². The fourth-order valence-corrected chi connectivity index (χ4v) is 4.53. The fourth-order valence-electron chi connectivity index (χ4n) is 1.04. The van der Waals surface area contributed by atoms with Crippen molar-refractivity contribution in [3.05, 3.63) is 33.5 Å². The van der Waals surface area contributed by atoms with Gasteiger partial charge in [-0.3, -0.25) is 4.72 Å². The van der Waals surface area contributed by atoms with Crippen molar-refractivity contribution < 1.29 is 8.42 Å². The largest absolute Gasteiger partial charge is 0.273 e. The van der Waals surface area contributed by atoms with Gasteiger partial charge in [-0.1, -0.05) is 11.6 Å². The Morgan fingerprint density at radius 1 is 1.41 bits per heavy atom. The molecule has 90 valence electrons. The van der Waals surface area contributed by atoms with E-state index in [2.05, 4.69) is 30.6 Å². The molecule has 2 heterocycles. The number of thiophene rings is 1. The van der Waals surface area contributed by atoms with Crippen molar-refractivity contribution in [2.45, 2.75) is 4.21 Å². The van der Waals surface area contributed by atoms with Crippen molar-refractivity contribution in [2.75, 3.05) is 4.72 Å². The summed E-state index contributed by atoms with van der Waals surface area (Å²) in [5, 5.41) is 1.84. The number of sulfonamides is 1. The fraction of sp³-hybridized carbons (Fsp3) is 0. The molecule has 0 unspecified atom stereocenters. The third kappa shape index (κ3) is 2.95. The molecule has 0 aliphatic carbocycles. The van der Waals surface area contributed by atoms with E-state index in [9.17, 15) is 8.42 Å². The quantitative estimate of drug-likeness (QED) is 0.860. The number of hydrogen-bond acceptors (Lipinski definition) is 5. The molecule has 0 saturated carbocycles. The van der Waals surface area contributed by atoms with Gasteiger partial charge in [-0.25, -0.2) is 18.4 Å². The highest BCUT2D eigenvalue weighted by atomic mass is 79.9. The molecule has 0 bridgehead atoms. The number of nitrogens with zero attached hydrogens (tertiary/aromatic N) is 2. The Labute approximate surface area is 115 Å². The van der Waals surface area contributed by atoms with Crippen molar-refractivity contribution in [3.8, 4) is 0 Å². The zero-order valence-corrected chi connectivity index (χ0v) is 12.1. The second kappa shape index (κ2) is 4.89. The molecule has 1 N–H and O–H groups in total. The van der Waals surface area contributed by atoms with Crippen molar-refractivity contribution in [2.24, 2.45) is 0 Å². The van der Waals surface area contributed by atoms with Gasteiger partial charge in [-0.15, -0.1) is 11.3 Å². The normalized spacial score (nSPS) is 11.4. The van der Waals surface area contributed by atoms with Gasteiger partial charge < -0.3 is 0 Å². The van der Waals surface area contributed by atoms with E-state index in [4.69, 9.17) is 11.6 Å². The number of halogens is 2. The van der Waals surface area contributed by atoms with E-state index >= 15 is 0 Å². The molecule has 0 spiro atoms. The summed E-state index contributed by atoms with van der Waals surface area (Å²) in [6.07, 6.45) is 1.18. The third-order valence-corrected chi connectivity index (χ3v) is 5.93. The minimum atomic E-state index is -3.64. The minimum absolute atomic E-state index is 0.130. The van der Waals surface area contributed by atoms with Crippen molar-refractivity contribution in [1.29, 1.82) is 0 Å². The van der Waals surface area contributed by atoms with Crippen LogP contribution >= 0.6 is 38.9 Å². The highest BCUT2D eigenvalue weighted by Gasteiger charge is 2.19. The second-order valence-electron chi connectivity index (χ2n) is 2.89. The number of aromatic nitrogens is 2. The maximum Gasteiger partial charge on any atom is 0.273 e. The first-order valence-electron chi connectivity index (χ1n) is 4.22. The van der Waals surface area contributed by atoms with Crippen molar-refractivity contribution in [1.82, 2.24) is 9.97 Å². The second-order valence-corrected chi connectivity index (χ2v) is 6.92. The molecule has 2 aromatic rings. The summed E-state index contributed by atoms with van der Waals surface area (Å²) in [4.78, 5) is 7.43. The zero-order valence-electron chi connectivity index (χ0n) is 8.09. The Kier molecular flexibility index (Phi) is 3.67. The molecule has 9 heteroatoms. The molecule has 0 fully saturated rings. The predicted octanol–water partition coefficient (Wildman–Crippen LogP) is 2.75. The molecule has 0 aliphatic rings. The van der Waals surface area contributed by atoms with Crippen LogP contribution in [0.1, 0.15) is 0 Å². The monoisotopic (exact) mass is 353 g/mol. The molecule has 0 aliphatic heterocycles. The molecule has 0 atom stereocenters. The molecule has 2 aromatic heterocycles. The summed E-state index contributed by atoms with van der Waals surface area (Å²) in [5.41, 5.74) is 0. The van der Waals surface area contributed by atoms with E-state index in [-0.39, 0.29) is 15.2 Å². The molecular weight excluding hydrogens is 350 g/mol. The van der Waals surface area contributed by atoms with Gasteiger partial charge in [0, 0.05) is 10.5 Å². The van der Waals surface area contributed by atoms with Crippen LogP contribution in [-0.4, -0.2) is 18.4 Å². The summed E-state index contributed by atoms with van der Waals surface area (Å²) in [6, 6.07) is 2.99. The number of hydrogen-bond donors (Lipinski definition) is 1. The highest BCUT2D eigenvalue weighted by molar-refractivity contribution is 9.10. The van der Waals surface area contributed by atoms with Gasteiger partial charge in [0.05, 0.1) is 0 Å². The van der Waals surface area contributed by atoms with Gasteiger partial charge in [-0.2, -0.15) is 0 Å². The van der Waals surface area contributed by atoms with Crippen LogP contribution in [0.25, 0.3) is 0 Å². The highest BCUT2D eigenvalue weighted by Crippen LogP contribution is 2.28. The molecule has 17 heavy (non-hydrogen) atoms. The molecule has 2 rings (SSSR count). The van der Waals surface area contributed by atoms with E-state index in [1.807, 2.05) is 0 Å². The maximum absolute atomic E-state index is 12.0. The average molecular weight is 355 g/mol. The van der Waals surface area contributed by atoms with Crippen LogP contribution in [0.15, 0.2) is 32.5 Å². The van der Waals surface area contributed by atoms with E-state index in [1.54, 1.807) is 11.4 Å². The van der Waals surface area contributed by atoms with Gasteiger partial charge in [0.2, 0.25) is 0 Å². The van der Waals surface area contributed by atoms with Crippen LogP contribution < -0.4 is 4.72 Å². The van der Waals surface area contributed by atoms with E-state index in [0.29, 0.717) is 4.47 Å². The van der Waals surface area contributed by atoms with Gasteiger partial charge in [0.15, 0.2) is 4.21 Å². The summed E-state index contributed by atoms with van der Waals surface area (Å²) < 4.78 is 26.9. The summed E-state index contributed by atoms with van der Waals surface area (Å²) >= 11 is 9.91. The van der Waals surface area contributed by atoms with Crippen LogP contribution in [0.2, 0.25) is 5.15 Å². The van der Waals surface area contributed by atoms with Crippen LogP contribution in [0.4, 0.5) is 5.82 Å². The zero-order chi connectivity index (χ0) is 12.5. The number of nitrogens with one attached hydrogen (secondary N) is 1. The van der Waals surface area contributed by atoms with E-state index in [1.165, 1.54) is 12.4 Å². The summed E-state index contributed by atoms with van der Waals surface area (Å²) in [6.45, 7) is 0. The molecular formula is C8H5BrClN3O2S2.